The van der Waals surface area contributed by atoms with Gasteiger partial charge in [-0.15, -0.1) is 0 Å². The summed E-state index contributed by atoms with van der Waals surface area (Å²) in [5.41, 5.74) is 0.663. The topological polar surface area (TPSA) is 89.5 Å². The second-order valence-electron chi connectivity index (χ2n) is 5.63. The molecule has 2 aromatic rings. The summed E-state index contributed by atoms with van der Waals surface area (Å²) in [5.74, 6) is -0.993. The Balaban J connectivity index is 1.89. The van der Waals surface area contributed by atoms with E-state index in [0.29, 0.717) is 11.3 Å². The van der Waals surface area contributed by atoms with Crippen LogP contribution in [0.4, 0.5) is 5.69 Å². The molecule has 8 heteroatoms. The van der Waals surface area contributed by atoms with Gasteiger partial charge in [-0.05, 0) is 48.7 Å². The molecule has 0 aliphatic heterocycles. The van der Waals surface area contributed by atoms with Crippen molar-refractivity contribution in [2.75, 3.05) is 11.0 Å². The molecule has 0 spiro atoms. The summed E-state index contributed by atoms with van der Waals surface area (Å²) in [6.45, 7) is 1.49. The zero-order valence-electron chi connectivity index (χ0n) is 14.8. The summed E-state index contributed by atoms with van der Waals surface area (Å²) in [6.07, 6.45) is 1.34. The summed E-state index contributed by atoms with van der Waals surface area (Å²) in [6, 6.07) is 15.4. The third-order valence-electron chi connectivity index (χ3n) is 3.29. The zero-order valence-corrected chi connectivity index (χ0v) is 16.4. The Hall–Kier alpha value is -2.58. The molecule has 1 N–H and O–H groups in total. The second kappa shape index (κ2) is 9.38. The first kappa shape index (κ1) is 20.7. The molecule has 27 heavy (non-hydrogen) atoms. The van der Waals surface area contributed by atoms with Gasteiger partial charge in [0.05, 0.1) is 6.26 Å². The number of nitrogens with one attached hydrogen (secondary N) is 1. The number of ketones is 1. The molecule has 0 fully saturated rings. The van der Waals surface area contributed by atoms with Crippen molar-refractivity contribution in [1.82, 2.24) is 0 Å². The molecule has 0 radical (unpaired) electrons. The van der Waals surface area contributed by atoms with Crippen molar-refractivity contribution in [2.24, 2.45) is 0 Å². The minimum atomic E-state index is -3.39. The van der Waals surface area contributed by atoms with E-state index in [4.69, 9.17) is 4.74 Å². The standard InChI is InChI=1S/C19H19NO5S2/c1-14(25-18(21)12-13-26-17-6-4-3-5-7-17)19(22)15-8-10-16(11-9-15)20-27(2,23)24/h3-14,20H,1-2H3/b13-12+/t14-/m0/s1. The minimum Gasteiger partial charge on any atom is -0.451 e. The fourth-order valence-electron chi connectivity index (χ4n) is 2.09. The van der Waals surface area contributed by atoms with E-state index < -0.39 is 22.1 Å². The van der Waals surface area contributed by atoms with Gasteiger partial charge in [-0.2, -0.15) is 0 Å². The van der Waals surface area contributed by atoms with Gasteiger partial charge in [-0.25, -0.2) is 13.2 Å². The highest BCUT2D eigenvalue weighted by molar-refractivity contribution is 8.02. The van der Waals surface area contributed by atoms with E-state index in [-0.39, 0.29) is 5.78 Å². The highest BCUT2D eigenvalue weighted by Gasteiger charge is 2.18. The maximum absolute atomic E-state index is 12.3. The van der Waals surface area contributed by atoms with Gasteiger partial charge in [0.15, 0.2) is 6.10 Å². The molecule has 0 saturated carbocycles. The second-order valence-corrected chi connectivity index (χ2v) is 8.36. The van der Waals surface area contributed by atoms with Crippen LogP contribution < -0.4 is 4.72 Å². The number of sulfonamides is 1. The largest absolute Gasteiger partial charge is 0.451 e. The molecule has 0 bridgehead atoms. The number of esters is 1. The average Bonchev–Trinajstić information content (AvgIpc) is 2.61. The highest BCUT2D eigenvalue weighted by Crippen LogP contribution is 2.18. The Morgan fingerprint density at radius 2 is 1.70 bits per heavy atom. The lowest BCUT2D eigenvalue weighted by atomic mass is 10.1. The van der Waals surface area contributed by atoms with Crippen LogP contribution in [0, 0.1) is 0 Å². The zero-order chi connectivity index (χ0) is 19.9. The molecule has 0 unspecified atom stereocenters. The Bertz CT molecular complexity index is 922. The predicted octanol–water partition coefficient (Wildman–Crippen LogP) is 3.48. The SMILES string of the molecule is C[C@H](OC(=O)/C=C/Sc1ccccc1)C(=O)c1ccc(NS(C)(=O)=O)cc1. The monoisotopic (exact) mass is 405 g/mol. The van der Waals surface area contributed by atoms with Crippen molar-refractivity contribution in [3.63, 3.8) is 0 Å². The first-order valence-electron chi connectivity index (χ1n) is 7.95. The van der Waals surface area contributed by atoms with Crippen LogP contribution in [0.25, 0.3) is 0 Å². The first-order valence-corrected chi connectivity index (χ1v) is 10.7. The number of ether oxygens (including phenoxy) is 1. The molecule has 1 atom stereocenters. The number of carbonyl (C=O) groups is 2. The van der Waals surface area contributed by atoms with Gasteiger partial charge in [0.1, 0.15) is 0 Å². The predicted molar refractivity (Wildman–Crippen MR) is 106 cm³/mol. The summed E-state index contributed by atoms with van der Waals surface area (Å²) in [4.78, 5) is 25.1. The van der Waals surface area contributed by atoms with Crippen LogP contribution in [0.5, 0.6) is 0 Å². The Morgan fingerprint density at radius 3 is 2.30 bits per heavy atom. The van der Waals surface area contributed by atoms with Crippen molar-refractivity contribution in [3.05, 3.63) is 71.6 Å². The fourth-order valence-corrected chi connectivity index (χ4v) is 3.30. The maximum atomic E-state index is 12.3. The van der Waals surface area contributed by atoms with Gasteiger partial charge >= 0.3 is 5.97 Å². The highest BCUT2D eigenvalue weighted by atomic mass is 32.2. The van der Waals surface area contributed by atoms with Gasteiger partial charge in [-0.1, -0.05) is 30.0 Å². The lowest BCUT2D eigenvalue weighted by molar-refractivity contribution is -0.140. The van der Waals surface area contributed by atoms with Crippen LogP contribution in [0.3, 0.4) is 0 Å². The number of rotatable bonds is 8. The van der Waals surface area contributed by atoms with Crippen molar-refractivity contribution in [3.8, 4) is 0 Å². The molecule has 142 valence electrons. The van der Waals surface area contributed by atoms with E-state index in [1.165, 1.54) is 49.0 Å². The minimum absolute atomic E-state index is 0.317. The van der Waals surface area contributed by atoms with E-state index >= 15 is 0 Å². The summed E-state index contributed by atoms with van der Waals surface area (Å²) < 4.78 is 29.8. The molecular weight excluding hydrogens is 386 g/mol. The lowest BCUT2D eigenvalue weighted by Crippen LogP contribution is -2.23. The number of benzene rings is 2. The van der Waals surface area contributed by atoms with Gasteiger partial charge in [0, 0.05) is 22.2 Å². The molecule has 2 aromatic carbocycles. The van der Waals surface area contributed by atoms with Gasteiger partial charge in [0.2, 0.25) is 15.8 Å². The average molecular weight is 405 g/mol. The van der Waals surface area contributed by atoms with Crippen LogP contribution in [0.15, 0.2) is 71.0 Å². The van der Waals surface area contributed by atoms with Crippen molar-refractivity contribution in [1.29, 1.82) is 0 Å². The van der Waals surface area contributed by atoms with E-state index in [1.54, 1.807) is 5.41 Å². The van der Waals surface area contributed by atoms with Crippen LogP contribution in [-0.4, -0.2) is 32.5 Å². The summed E-state index contributed by atoms with van der Waals surface area (Å²) >= 11 is 1.36. The molecule has 0 saturated heterocycles. The molecule has 0 amide bonds. The van der Waals surface area contributed by atoms with Gasteiger partial charge in [0.25, 0.3) is 0 Å². The third-order valence-corrected chi connectivity index (χ3v) is 4.71. The third kappa shape index (κ3) is 7.28. The quantitative estimate of drug-likeness (QED) is 0.313. The van der Waals surface area contributed by atoms with Crippen LogP contribution in [0.1, 0.15) is 17.3 Å². The van der Waals surface area contributed by atoms with E-state index in [9.17, 15) is 18.0 Å². The number of Topliss-reactive ketones (excluding diaryl/α,β-unsaturated/α-hetero) is 1. The molecule has 0 aliphatic rings. The Labute approximate surface area is 162 Å². The Morgan fingerprint density at radius 1 is 1.07 bits per heavy atom. The summed E-state index contributed by atoms with van der Waals surface area (Å²) in [5, 5.41) is 1.60. The number of anilines is 1. The van der Waals surface area contributed by atoms with Crippen molar-refractivity contribution < 1.29 is 22.7 Å². The molecular formula is C19H19NO5S2. The van der Waals surface area contributed by atoms with E-state index in [0.717, 1.165) is 11.2 Å². The first-order chi connectivity index (χ1) is 12.7. The van der Waals surface area contributed by atoms with Crippen LogP contribution in [-0.2, 0) is 19.6 Å². The fraction of sp³-hybridized carbons (Fsp3) is 0.158. The smallest absolute Gasteiger partial charge is 0.331 e. The van der Waals surface area contributed by atoms with Crippen molar-refractivity contribution in [2.45, 2.75) is 17.9 Å². The molecule has 0 aromatic heterocycles. The van der Waals surface area contributed by atoms with Crippen LogP contribution in [0.2, 0.25) is 0 Å². The van der Waals surface area contributed by atoms with Gasteiger partial charge < -0.3 is 4.74 Å². The van der Waals surface area contributed by atoms with E-state index in [1.807, 2.05) is 30.3 Å². The molecule has 2 rings (SSSR count). The number of hydrogen-bond donors (Lipinski definition) is 1. The number of carbonyl (C=O) groups excluding carboxylic acids is 2. The lowest BCUT2D eigenvalue weighted by Gasteiger charge is -2.11. The molecule has 6 nitrogen and oxygen atoms in total. The normalized spacial score (nSPS) is 12.5. The Kier molecular flexibility index (Phi) is 7.20. The molecule has 0 heterocycles. The number of thioether (sulfide) groups is 1. The maximum Gasteiger partial charge on any atom is 0.331 e. The number of hydrogen-bond acceptors (Lipinski definition) is 6. The summed E-state index contributed by atoms with van der Waals surface area (Å²) in [7, 11) is -3.39. The van der Waals surface area contributed by atoms with Crippen molar-refractivity contribution >= 4 is 39.2 Å². The molecule has 0 aliphatic carbocycles. The van der Waals surface area contributed by atoms with E-state index in [2.05, 4.69) is 4.72 Å². The van der Waals surface area contributed by atoms with Gasteiger partial charge in [-0.3, -0.25) is 9.52 Å². The van der Waals surface area contributed by atoms with Crippen LogP contribution >= 0.6 is 11.8 Å².